The molecule has 9 heteroatoms. The van der Waals surface area contributed by atoms with Gasteiger partial charge in [0.2, 0.25) is 5.82 Å². The number of aromatic nitrogens is 4. The van der Waals surface area contributed by atoms with Crippen molar-refractivity contribution in [2.24, 2.45) is 0 Å². The number of halogens is 3. The highest BCUT2D eigenvalue weighted by Crippen LogP contribution is 2.28. The summed E-state index contributed by atoms with van der Waals surface area (Å²) in [6.45, 7) is 2.34. The SMILES string of the molecule is CNc1cc(NC(C)Cn2cccn2)nc(C(F)(F)F)n1. The number of rotatable bonds is 5. The van der Waals surface area contributed by atoms with Gasteiger partial charge in [-0.15, -0.1) is 0 Å². The third-order valence-corrected chi connectivity index (χ3v) is 2.65. The van der Waals surface area contributed by atoms with Crippen molar-refractivity contribution in [1.82, 2.24) is 19.7 Å². The summed E-state index contributed by atoms with van der Waals surface area (Å²) < 4.78 is 39.9. The molecule has 2 heterocycles. The lowest BCUT2D eigenvalue weighted by molar-refractivity contribution is -0.144. The van der Waals surface area contributed by atoms with Gasteiger partial charge in [0.15, 0.2) is 0 Å². The van der Waals surface area contributed by atoms with E-state index in [9.17, 15) is 13.2 Å². The second kappa shape index (κ2) is 5.98. The maximum absolute atomic E-state index is 12.7. The minimum atomic E-state index is -4.59. The van der Waals surface area contributed by atoms with Crippen molar-refractivity contribution in [3.63, 3.8) is 0 Å². The van der Waals surface area contributed by atoms with Crippen LogP contribution in [0.3, 0.4) is 0 Å². The summed E-state index contributed by atoms with van der Waals surface area (Å²) in [6.07, 6.45) is -1.18. The van der Waals surface area contributed by atoms with Crippen molar-refractivity contribution in [2.45, 2.75) is 25.7 Å². The zero-order valence-electron chi connectivity index (χ0n) is 11.5. The van der Waals surface area contributed by atoms with Crippen molar-refractivity contribution in [1.29, 1.82) is 0 Å². The standard InChI is InChI=1S/C12H15F3N6/c1-8(7-21-5-3-4-17-21)18-10-6-9(16-2)19-11(20-10)12(13,14)15/h3-6,8H,7H2,1-2H3,(H2,16,18,19,20). The normalized spacial score (nSPS) is 13.0. The fourth-order valence-corrected chi connectivity index (χ4v) is 1.76. The molecule has 0 aliphatic heterocycles. The van der Waals surface area contributed by atoms with E-state index in [1.165, 1.54) is 13.1 Å². The number of alkyl halides is 3. The molecule has 1 atom stereocenters. The number of hydrogen-bond acceptors (Lipinski definition) is 5. The van der Waals surface area contributed by atoms with Gasteiger partial charge in [0.1, 0.15) is 11.6 Å². The summed E-state index contributed by atoms with van der Waals surface area (Å²) in [5, 5.41) is 9.55. The zero-order chi connectivity index (χ0) is 15.5. The third kappa shape index (κ3) is 4.07. The van der Waals surface area contributed by atoms with Crippen molar-refractivity contribution >= 4 is 11.6 Å². The zero-order valence-corrected chi connectivity index (χ0v) is 11.5. The van der Waals surface area contributed by atoms with Gasteiger partial charge in [-0.25, -0.2) is 9.97 Å². The van der Waals surface area contributed by atoms with Crippen LogP contribution in [0.15, 0.2) is 24.5 Å². The van der Waals surface area contributed by atoms with Crippen LogP contribution in [0.1, 0.15) is 12.7 Å². The average Bonchev–Trinajstić information content (AvgIpc) is 2.89. The molecule has 2 rings (SSSR count). The highest BCUT2D eigenvalue weighted by Gasteiger charge is 2.35. The minimum Gasteiger partial charge on any atom is -0.373 e. The van der Waals surface area contributed by atoms with Gasteiger partial charge < -0.3 is 10.6 Å². The minimum absolute atomic E-state index is 0.103. The summed E-state index contributed by atoms with van der Waals surface area (Å²) in [6, 6.07) is 3.05. The molecule has 0 bridgehead atoms. The molecule has 0 fully saturated rings. The van der Waals surface area contributed by atoms with E-state index < -0.39 is 12.0 Å². The molecule has 2 aromatic heterocycles. The van der Waals surface area contributed by atoms with Crippen LogP contribution < -0.4 is 10.6 Å². The van der Waals surface area contributed by atoms with E-state index >= 15 is 0 Å². The fourth-order valence-electron chi connectivity index (χ4n) is 1.76. The summed E-state index contributed by atoms with van der Waals surface area (Å²) in [5.74, 6) is -0.962. The predicted octanol–water partition coefficient (Wildman–Crippen LogP) is 2.23. The Morgan fingerprint density at radius 2 is 2.00 bits per heavy atom. The molecular weight excluding hydrogens is 285 g/mol. The Kier molecular flexibility index (Phi) is 4.29. The molecular formula is C12H15F3N6. The van der Waals surface area contributed by atoms with Gasteiger partial charge in [-0.1, -0.05) is 0 Å². The second-order valence-electron chi connectivity index (χ2n) is 4.48. The number of nitrogens with one attached hydrogen (secondary N) is 2. The first-order valence-corrected chi connectivity index (χ1v) is 6.26. The number of nitrogens with zero attached hydrogens (tertiary/aromatic N) is 4. The smallest absolute Gasteiger partial charge is 0.373 e. The van der Waals surface area contributed by atoms with Crippen LogP contribution in [-0.4, -0.2) is 32.8 Å². The number of hydrogen-bond donors (Lipinski definition) is 2. The lowest BCUT2D eigenvalue weighted by atomic mass is 10.3. The first-order chi connectivity index (χ1) is 9.88. The van der Waals surface area contributed by atoms with Gasteiger partial charge in [-0.2, -0.15) is 18.3 Å². The molecule has 0 aliphatic rings. The maximum Gasteiger partial charge on any atom is 0.451 e. The Labute approximate surface area is 119 Å². The van der Waals surface area contributed by atoms with Crippen LogP contribution in [0.25, 0.3) is 0 Å². The lowest BCUT2D eigenvalue weighted by Crippen LogP contribution is -2.24. The maximum atomic E-state index is 12.7. The Hall–Kier alpha value is -2.32. The predicted molar refractivity (Wildman–Crippen MR) is 71.9 cm³/mol. The van der Waals surface area contributed by atoms with Gasteiger partial charge in [-0.05, 0) is 13.0 Å². The Balaban J connectivity index is 2.15. The second-order valence-corrected chi connectivity index (χ2v) is 4.48. The monoisotopic (exact) mass is 300 g/mol. The van der Waals surface area contributed by atoms with E-state index in [-0.39, 0.29) is 17.7 Å². The Morgan fingerprint density at radius 3 is 2.57 bits per heavy atom. The summed E-state index contributed by atoms with van der Waals surface area (Å²) in [4.78, 5) is 6.91. The molecule has 0 saturated heterocycles. The molecule has 0 amide bonds. The molecule has 0 radical (unpaired) electrons. The molecule has 2 aromatic rings. The van der Waals surface area contributed by atoms with Crippen molar-refractivity contribution in [2.75, 3.05) is 17.7 Å². The Bertz CT molecular complexity index is 581. The van der Waals surface area contributed by atoms with Gasteiger partial charge in [-0.3, -0.25) is 4.68 Å². The quantitative estimate of drug-likeness (QED) is 0.886. The highest BCUT2D eigenvalue weighted by atomic mass is 19.4. The first kappa shape index (κ1) is 15.1. The molecule has 0 spiro atoms. The van der Waals surface area contributed by atoms with Crippen molar-refractivity contribution < 1.29 is 13.2 Å². The average molecular weight is 300 g/mol. The van der Waals surface area contributed by atoms with Crippen LogP contribution in [0.4, 0.5) is 24.8 Å². The van der Waals surface area contributed by atoms with Crippen LogP contribution in [0.5, 0.6) is 0 Å². The highest BCUT2D eigenvalue weighted by molar-refractivity contribution is 5.47. The lowest BCUT2D eigenvalue weighted by Gasteiger charge is -2.16. The molecule has 0 saturated carbocycles. The van der Waals surface area contributed by atoms with Gasteiger partial charge in [0, 0.05) is 31.5 Å². The summed E-state index contributed by atoms with van der Waals surface area (Å²) >= 11 is 0. The van der Waals surface area contributed by atoms with E-state index in [4.69, 9.17) is 0 Å². The van der Waals surface area contributed by atoms with Gasteiger partial charge >= 0.3 is 6.18 Å². The molecule has 21 heavy (non-hydrogen) atoms. The molecule has 6 nitrogen and oxygen atoms in total. The summed E-state index contributed by atoms with van der Waals surface area (Å²) in [5.41, 5.74) is 0. The van der Waals surface area contributed by atoms with Crippen LogP contribution in [0, 0.1) is 0 Å². The molecule has 1 unspecified atom stereocenters. The Morgan fingerprint density at radius 1 is 1.29 bits per heavy atom. The largest absolute Gasteiger partial charge is 0.451 e. The van der Waals surface area contributed by atoms with E-state index in [2.05, 4.69) is 25.7 Å². The topological polar surface area (TPSA) is 67.7 Å². The van der Waals surface area contributed by atoms with Gasteiger partial charge in [0.25, 0.3) is 0 Å². The molecule has 0 aromatic carbocycles. The van der Waals surface area contributed by atoms with E-state index in [0.717, 1.165) is 0 Å². The first-order valence-electron chi connectivity index (χ1n) is 6.26. The van der Waals surface area contributed by atoms with E-state index in [1.54, 1.807) is 23.1 Å². The van der Waals surface area contributed by atoms with Crippen LogP contribution in [0.2, 0.25) is 0 Å². The van der Waals surface area contributed by atoms with Crippen LogP contribution >= 0.6 is 0 Å². The fraction of sp³-hybridized carbons (Fsp3) is 0.417. The van der Waals surface area contributed by atoms with Crippen LogP contribution in [-0.2, 0) is 12.7 Å². The van der Waals surface area contributed by atoms with E-state index in [0.29, 0.717) is 6.54 Å². The molecule has 0 aliphatic carbocycles. The molecule has 114 valence electrons. The number of anilines is 2. The molecule has 2 N–H and O–H groups in total. The third-order valence-electron chi connectivity index (χ3n) is 2.65. The summed E-state index contributed by atoms with van der Waals surface area (Å²) in [7, 11) is 1.50. The van der Waals surface area contributed by atoms with Crippen molar-refractivity contribution in [3.8, 4) is 0 Å². The van der Waals surface area contributed by atoms with Crippen molar-refractivity contribution in [3.05, 3.63) is 30.4 Å². The van der Waals surface area contributed by atoms with E-state index in [1.807, 2.05) is 6.92 Å². The van der Waals surface area contributed by atoms with Gasteiger partial charge in [0.05, 0.1) is 6.54 Å².